The highest BCUT2D eigenvalue weighted by atomic mass is 19.1. The van der Waals surface area contributed by atoms with Gasteiger partial charge < -0.3 is 14.6 Å². The third-order valence-electron chi connectivity index (χ3n) is 4.21. The van der Waals surface area contributed by atoms with E-state index in [1.165, 1.54) is 29.9 Å². The molecule has 0 unspecified atom stereocenters. The number of amides is 1. The Hall–Kier alpha value is -2.14. The monoisotopic (exact) mass is 303 g/mol. The molecule has 1 aliphatic rings. The van der Waals surface area contributed by atoms with Crippen LogP contribution in [0.2, 0.25) is 0 Å². The van der Waals surface area contributed by atoms with Crippen molar-refractivity contribution in [3.8, 4) is 0 Å². The first kappa shape index (κ1) is 14.8. The van der Waals surface area contributed by atoms with Crippen LogP contribution >= 0.6 is 0 Å². The summed E-state index contributed by atoms with van der Waals surface area (Å²) in [5.41, 5.74) is 0.0807. The van der Waals surface area contributed by atoms with Crippen molar-refractivity contribution in [1.82, 2.24) is 5.32 Å². The van der Waals surface area contributed by atoms with E-state index in [0.29, 0.717) is 6.54 Å². The number of nitrogens with one attached hydrogen (secondary N) is 2. The maximum Gasteiger partial charge on any atom is 0.254 e. The minimum Gasteiger partial charge on any atom is -0.463 e. The topological polar surface area (TPSA) is 46.7 Å². The highest BCUT2D eigenvalue weighted by molar-refractivity contribution is 5.94. The summed E-state index contributed by atoms with van der Waals surface area (Å²) in [6.45, 7) is 2.58. The van der Waals surface area contributed by atoms with Gasteiger partial charge in [-0.3, -0.25) is 4.79 Å². The molecule has 116 valence electrons. The lowest BCUT2D eigenvalue weighted by Gasteiger charge is -2.23. The summed E-state index contributed by atoms with van der Waals surface area (Å²) in [7, 11) is 0. The second kappa shape index (κ2) is 6.75. The normalized spacial score (nSPS) is 16.6. The van der Waals surface area contributed by atoms with Crippen molar-refractivity contribution in [2.24, 2.45) is 0 Å². The summed E-state index contributed by atoms with van der Waals surface area (Å²) < 4.78 is 19.2. The first-order chi connectivity index (χ1) is 10.8. The molecule has 1 aromatic heterocycles. The van der Waals surface area contributed by atoms with Gasteiger partial charge in [-0.15, -0.1) is 0 Å². The molecule has 1 aliphatic heterocycles. The number of quaternary nitrogens is 1. The van der Waals surface area contributed by atoms with E-state index in [4.69, 9.17) is 4.42 Å². The fourth-order valence-electron chi connectivity index (χ4n) is 3.05. The number of benzene rings is 1. The highest BCUT2D eigenvalue weighted by Gasteiger charge is 2.30. The van der Waals surface area contributed by atoms with E-state index in [2.05, 4.69) is 5.32 Å². The van der Waals surface area contributed by atoms with Gasteiger partial charge in [0.2, 0.25) is 0 Å². The van der Waals surface area contributed by atoms with Crippen LogP contribution in [0.3, 0.4) is 0 Å². The maximum atomic E-state index is 13.7. The van der Waals surface area contributed by atoms with Crippen LogP contribution < -0.4 is 10.2 Å². The van der Waals surface area contributed by atoms with Crippen LogP contribution in [0.4, 0.5) is 4.39 Å². The minimum atomic E-state index is -0.497. The van der Waals surface area contributed by atoms with Gasteiger partial charge in [-0.25, -0.2) is 4.39 Å². The van der Waals surface area contributed by atoms with E-state index in [0.717, 1.165) is 18.8 Å². The van der Waals surface area contributed by atoms with Gasteiger partial charge in [0, 0.05) is 12.8 Å². The van der Waals surface area contributed by atoms with E-state index in [9.17, 15) is 9.18 Å². The quantitative estimate of drug-likeness (QED) is 0.881. The van der Waals surface area contributed by atoms with Crippen molar-refractivity contribution >= 4 is 5.91 Å². The Balaban J connectivity index is 1.69. The summed E-state index contributed by atoms with van der Waals surface area (Å²) >= 11 is 0. The number of likely N-dealkylation sites (tertiary alicyclic amines) is 1. The Morgan fingerprint density at radius 1 is 1.23 bits per heavy atom. The van der Waals surface area contributed by atoms with Gasteiger partial charge in [0.05, 0.1) is 31.5 Å². The molecule has 1 amide bonds. The van der Waals surface area contributed by atoms with Crippen molar-refractivity contribution < 1.29 is 18.5 Å². The number of carbonyl (C=O) groups excluding carboxylic acids is 1. The van der Waals surface area contributed by atoms with Gasteiger partial charge in [-0.1, -0.05) is 12.1 Å². The van der Waals surface area contributed by atoms with Gasteiger partial charge in [-0.05, 0) is 24.3 Å². The number of halogens is 1. The molecule has 1 atom stereocenters. The molecule has 1 aromatic carbocycles. The summed E-state index contributed by atoms with van der Waals surface area (Å²) in [5, 5.41) is 2.85. The second-order valence-corrected chi connectivity index (χ2v) is 5.62. The third kappa shape index (κ3) is 3.20. The van der Waals surface area contributed by atoms with Crippen molar-refractivity contribution in [1.29, 1.82) is 0 Å². The lowest BCUT2D eigenvalue weighted by molar-refractivity contribution is -0.919. The van der Waals surface area contributed by atoms with Crippen LogP contribution in [0, 0.1) is 5.82 Å². The number of rotatable bonds is 5. The Kier molecular flexibility index (Phi) is 4.53. The van der Waals surface area contributed by atoms with Gasteiger partial charge in [0.25, 0.3) is 5.91 Å². The molecule has 22 heavy (non-hydrogen) atoms. The van der Waals surface area contributed by atoms with Gasteiger partial charge in [0.15, 0.2) is 11.8 Å². The predicted molar refractivity (Wildman–Crippen MR) is 80.1 cm³/mol. The van der Waals surface area contributed by atoms with Crippen molar-refractivity contribution in [3.63, 3.8) is 0 Å². The molecule has 3 rings (SSSR count). The van der Waals surface area contributed by atoms with Crippen LogP contribution in [0.5, 0.6) is 0 Å². The average Bonchev–Trinajstić information content (AvgIpc) is 3.21. The molecule has 4 nitrogen and oxygen atoms in total. The Bertz CT molecular complexity index is 621. The number of hydrogen-bond acceptors (Lipinski definition) is 2. The van der Waals surface area contributed by atoms with Crippen LogP contribution in [0.25, 0.3) is 0 Å². The molecule has 2 aromatic rings. The van der Waals surface area contributed by atoms with Gasteiger partial charge >= 0.3 is 0 Å². The van der Waals surface area contributed by atoms with E-state index in [1.54, 1.807) is 18.4 Å². The van der Waals surface area contributed by atoms with E-state index >= 15 is 0 Å². The molecule has 2 heterocycles. The van der Waals surface area contributed by atoms with E-state index in [1.807, 2.05) is 12.1 Å². The molecule has 0 radical (unpaired) electrons. The van der Waals surface area contributed by atoms with Crippen LogP contribution in [0.15, 0.2) is 47.1 Å². The lowest BCUT2D eigenvalue weighted by atomic mass is 10.1. The first-order valence-electron chi connectivity index (χ1n) is 7.66. The molecule has 2 N–H and O–H groups in total. The summed E-state index contributed by atoms with van der Waals surface area (Å²) in [4.78, 5) is 13.6. The molecule has 0 bridgehead atoms. The maximum absolute atomic E-state index is 13.7. The Labute approximate surface area is 128 Å². The van der Waals surface area contributed by atoms with E-state index < -0.39 is 5.82 Å². The Morgan fingerprint density at radius 3 is 2.68 bits per heavy atom. The molecule has 0 saturated carbocycles. The van der Waals surface area contributed by atoms with E-state index in [-0.39, 0.29) is 17.5 Å². The zero-order chi connectivity index (χ0) is 15.4. The molecule has 1 fully saturated rings. The standard InChI is InChI=1S/C17H19FN2O2/c18-14-7-2-1-6-13(14)17(21)19-12-15(16-8-5-11-22-16)20-9-3-4-10-20/h1-2,5-8,11,15H,3-4,9-10,12H2,(H,19,21)/p+1/t15-/m1/s1. The first-order valence-corrected chi connectivity index (χ1v) is 7.66. The molecular weight excluding hydrogens is 283 g/mol. The van der Waals surface area contributed by atoms with Crippen LogP contribution in [0.1, 0.15) is 35.0 Å². The molecule has 0 spiro atoms. The smallest absolute Gasteiger partial charge is 0.254 e. The zero-order valence-corrected chi connectivity index (χ0v) is 12.3. The molecular formula is C17H20FN2O2+. The van der Waals surface area contributed by atoms with Crippen molar-refractivity contribution in [2.45, 2.75) is 18.9 Å². The second-order valence-electron chi connectivity index (χ2n) is 5.62. The summed E-state index contributed by atoms with van der Waals surface area (Å²) in [6, 6.07) is 9.90. The average molecular weight is 303 g/mol. The fraction of sp³-hybridized carbons (Fsp3) is 0.353. The van der Waals surface area contributed by atoms with Crippen LogP contribution in [-0.2, 0) is 0 Å². The van der Waals surface area contributed by atoms with Gasteiger partial charge in [0.1, 0.15) is 5.82 Å². The number of furan rings is 1. The molecule has 5 heteroatoms. The zero-order valence-electron chi connectivity index (χ0n) is 12.3. The molecule has 0 aliphatic carbocycles. The summed E-state index contributed by atoms with van der Waals surface area (Å²) in [6.07, 6.45) is 4.03. The largest absolute Gasteiger partial charge is 0.463 e. The highest BCUT2D eigenvalue weighted by Crippen LogP contribution is 2.12. The Morgan fingerprint density at radius 2 is 2.00 bits per heavy atom. The third-order valence-corrected chi connectivity index (χ3v) is 4.21. The van der Waals surface area contributed by atoms with Gasteiger partial charge in [-0.2, -0.15) is 0 Å². The SMILES string of the molecule is O=C(NC[C@H](c1ccco1)[NH+]1CCCC1)c1ccccc1F. The summed E-state index contributed by atoms with van der Waals surface area (Å²) in [5.74, 6) is -0.0120. The fourth-order valence-corrected chi connectivity index (χ4v) is 3.05. The number of carbonyl (C=O) groups is 1. The molecule has 1 saturated heterocycles. The number of hydrogen-bond donors (Lipinski definition) is 2. The van der Waals surface area contributed by atoms with Crippen molar-refractivity contribution in [3.05, 3.63) is 59.8 Å². The lowest BCUT2D eigenvalue weighted by Crippen LogP contribution is -3.11. The van der Waals surface area contributed by atoms with Crippen LogP contribution in [-0.4, -0.2) is 25.5 Å². The van der Waals surface area contributed by atoms with Crippen molar-refractivity contribution in [2.75, 3.05) is 19.6 Å². The minimum absolute atomic E-state index is 0.0771. The predicted octanol–water partition coefficient (Wildman–Crippen LogP) is 1.57.